The van der Waals surface area contributed by atoms with Crippen molar-refractivity contribution in [2.24, 2.45) is 0 Å². The Bertz CT molecular complexity index is 18.0. The number of halogens is 2. The Morgan fingerprint density at radius 3 is 0.875 bits per heavy atom. The molecule has 0 bridgehead atoms. The van der Waals surface area contributed by atoms with Crippen LogP contribution in [0.1, 0.15) is 14.9 Å². The second-order valence-corrected chi connectivity index (χ2v) is 0.414. The van der Waals surface area contributed by atoms with E-state index in [0.717, 1.165) is 0 Å². The zero-order chi connectivity index (χ0) is 5.41. The Morgan fingerprint density at radius 2 is 0.875 bits per heavy atom. The summed E-state index contributed by atoms with van der Waals surface area (Å²) in [6, 6.07) is 0. The molecule has 0 spiro atoms. The van der Waals surface area contributed by atoms with Gasteiger partial charge in [0.1, 0.15) is 0 Å². The third kappa shape index (κ3) is 845. The molecule has 0 saturated carbocycles. The molecule has 0 heterocycles. The third-order valence-electron chi connectivity index (χ3n) is 0. The lowest BCUT2D eigenvalue weighted by Crippen LogP contribution is -1.22. The molecule has 0 aromatic rings. The first-order valence-corrected chi connectivity index (χ1v) is 1.40. The molecule has 0 N–H and O–H groups in total. The zero-order valence-corrected chi connectivity index (χ0v) is 4.26. The molecule has 0 aliphatic carbocycles. The first kappa shape index (κ1) is 23.6. The van der Waals surface area contributed by atoms with Crippen molar-refractivity contribution in [1.82, 2.24) is 0 Å². The van der Waals surface area contributed by atoms with Crippen LogP contribution in [0.2, 0.25) is 0 Å². The van der Waals surface area contributed by atoms with Gasteiger partial charge in [0, 0.05) is 25.8 Å². The fourth-order valence-corrected chi connectivity index (χ4v) is 0. The van der Waals surface area contributed by atoms with E-state index in [0.29, 0.717) is 0 Å². The van der Waals surface area contributed by atoms with Gasteiger partial charge < -0.3 is 0 Å². The highest BCUT2D eigenvalue weighted by atomic mass is 32.1. The summed E-state index contributed by atoms with van der Waals surface area (Å²) in [5.41, 5.74) is 0. The Morgan fingerprint density at radius 1 is 0.875 bits per heavy atom. The van der Waals surface area contributed by atoms with Crippen LogP contribution in [-0.2, 0) is 8.78 Å². The molecule has 2 nitrogen and oxygen atoms in total. The first-order chi connectivity index (χ1) is 2.83. The molecule has 0 atom stereocenters. The molecule has 0 aliphatic heterocycles. The second-order valence-electron chi connectivity index (χ2n) is 0.138. The van der Waals surface area contributed by atoms with Crippen molar-refractivity contribution in [3.63, 3.8) is 0 Å². The summed E-state index contributed by atoms with van der Waals surface area (Å²) in [5.74, 6) is 0. The minimum absolute atomic E-state index is 0. The quantitative estimate of drug-likeness (QED) is 0.428. The van der Waals surface area contributed by atoms with E-state index in [1.54, 1.807) is 0 Å². The van der Waals surface area contributed by atoms with Gasteiger partial charge >= 0.3 is 0 Å². The molecular weight excluding hydrogens is 158 g/mol. The van der Waals surface area contributed by atoms with Crippen molar-refractivity contribution in [1.29, 1.82) is 0 Å². The fourth-order valence-electron chi connectivity index (χ4n) is 0. The maximum absolute atomic E-state index is 9.66. The highest BCUT2D eigenvalue weighted by molar-refractivity contribution is 7.75. The zero-order valence-electron chi connectivity index (χ0n) is 2.47. The topological polar surface area (TPSA) is 18.5 Å². The minimum atomic E-state index is 0. The van der Waals surface area contributed by atoms with Crippen LogP contribution < -0.4 is 0 Å². The van der Waals surface area contributed by atoms with Crippen molar-refractivity contribution < 1.29 is 17.8 Å². The molecule has 56 valence electrons. The summed E-state index contributed by atoms with van der Waals surface area (Å²) in [5, 5.41) is 0. The van der Waals surface area contributed by atoms with Gasteiger partial charge in [0.2, 0.25) is 0 Å². The molecule has 0 fully saturated rings. The molecule has 0 radical (unpaired) electrons. The molecule has 8 heavy (non-hydrogen) atoms. The highest BCUT2D eigenvalue weighted by Gasteiger charge is 1.35. The van der Waals surface area contributed by atoms with E-state index in [2.05, 4.69) is 34.6 Å². The van der Waals surface area contributed by atoms with E-state index in [1.807, 2.05) is 0 Å². The van der Waals surface area contributed by atoms with Crippen LogP contribution in [0.15, 0.2) is 0 Å². The Balaban J connectivity index is -0.0000000160. The lowest BCUT2D eigenvalue weighted by atomic mass is 12.0. The van der Waals surface area contributed by atoms with Gasteiger partial charge in [-0.1, -0.05) is 14.9 Å². The van der Waals surface area contributed by atoms with E-state index in [1.165, 1.54) is 0 Å². The number of hydrogen-bond donors (Lipinski definition) is 2. The van der Waals surface area contributed by atoms with Gasteiger partial charge in [-0.25, -0.2) is 0 Å². The van der Waals surface area contributed by atoms with Gasteiger partial charge in [-0.3, -0.25) is 0 Å². The molecular formula is C2H10F2O2S2. The minimum Gasteiger partial charge on any atom is -0.124 e. The SMILES string of the molecule is C.C.FOS.FOS. The standard InChI is InChI=1S/2CH4.2FHOS/c;;2*1-2-3/h2*1H4;2*3H. The second kappa shape index (κ2) is 51.1. The van der Waals surface area contributed by atoms with E-state index in [9.17, 15) is 9.05 Å². The molecule has 0 saturated heterocycles. The van der Waals surface area contributed by atoms with Crippen LogP contribution >= 0.6 is 25.8 Å². The average Bonchev–Trinajstić information content (AvgIpc) is 1.39. The molecule has 0 aliphatic rings. The summed E-state index contributed by atoms with van der Waals surface area (Å²) >= 11 is 5.24. The van der Waals surface area contributed by atoms with Crippen molar-refractivity contribution >= 4 is 25.8 Å². The Labute approximate surface area is 59.2 Å². The number of rotatable bonds is 0. The normalized spacial score (nSPS) is 4.50. The van der Waals surface area contributed by atoms with Gasteiger partial charge in [-0.15, -0.1) is 8.78 Å². The van der Waals surface area contributed by atoms with Crippen LogP contribution in [0.25, 0.3) is 0 Å². The third-order valence-corrected chi connectivity index (χ3v) is 0. The van der Waals surface area contributed by atoms with Crippen LogP contribution in [0.5, 0.6) is 0 Å². The van der Waals surface area contributed by atoms with Gasteiger partial charge in [-0.05, 0) is 9.05 Å². The van der Waals surface area contributed by atoms with Gasteiger partial charge in [0.05, 0.1) is 0 Å². The van der Waals surface area contributed by atoms with Crippen LogP contribution in [0.3, 0.4) is 0 Å². The van der Waals surface area contributed by atoms with Crippen molar-refractivity contribution in [2.75, 3.05) is 0 Å². The van der Waals surface area contributed by atoms with E-state index < -0.39 is 0 Å². The van der Waals surface area contributed by atoms with Crippen LogP contribution in [-0.4, -0.2) is 0 Å². The van der Waals surface area contributed by atoms with Crippen molar-refractivity contribution in [3.8, 4) is 0 Å². The lowest BCUT2D eigenvalue weighted by Gasteiger charge is -1.48. The van der Waals surface area contributed by atoms with Crippen LogP contribution in [0, 0.1) is 0 Å². The van der Waals surface area contributed by atoms with E-state index in [4.69, 9.17) is 0 Å². The molecule has 0 unspecified atom stereocenters. The smallest absolute Gasteiger partial charge is 0.0206 e. The lowest BCUT2D eigenvalue weighted by molar-refractivity contribution is 0.0275. The highest BCUT2D eigenvalue weighted by Crippen LogP contribution is 1.69. The number of thiol groups is 2. The Kier molecular flexibility index (Phi) is 151. The van der Waals surface area contributed by atoms with Gasteiger partial charge in [0.15, 0.2) is 0 Å². The van der Waals surface area contributed by atoms with Gasteiger partial charge in [-0.2, -0.15) is 0 Å². The summed E-state index contributed by atoms with van der Waals surface area (Å²) < 4.78 is 24.2. The Hall–Kier alpha value is 0.480. The van der Waals surface area contributed by atoms with Crippen molar-refractivity contribution in [2.45, 2.75) is 14.9 Å². The monoisotopic (exact) mass is 168 g/mol. The van der Waals surface area contributed by atoms with E-state index in [-0.39, 0.29) is 14.9 Å². The summed E-state index contributed by atoms with van der Waals surface area (Å²) in [6.45, 7) is 0. The molecule has 0 aromatic carbocycles. The van der Waals surface area contributed by atoms with Gasteiger partial charge in [0.25, 0.3) is 0 Å². The maximum Gasteiger partial charge on any atom is 0.0206 e. The molecule has 0 aromatic heterocycles. The van der Waals surface area contributed by atoms with Crippen LogP contribution in [0.4, 0.5) is 9.05 Å². The molecule has 0 amide bonds. The molecule has 6 heteroatoms. The number of hydrogen-bond acceptors (Lipinski definition) is 4. The summed E-state index contributed by atoms with van der Waals surface area (Å²) in [7, 11) is 0. The average molecular weight is 168 g/mol. The van der Waals surface area contributed by atoms with E-state index >= 15 is 0 Å². The summed E-state index contributed by atoms with van der Waals surface area (Å²) in [6.07, 6.45) is 0. The summed E-state index contributed by atoms with van der Waals surface area (Å²) in [4.78, 5) is 0. The predicted octanol–water partition coefficient (Wildman–Crippen LogP) is 2.74. The molecule has 0 rings (SSSR count). The largest absolute Gasteiger partial charge is 0.124 e. The maximum atomic E-state index is 9.66. The fraction of sp³-hybridized carbons (Fsp3) is 1.00. The predicted molar refractivity (Wildman–Crippen MR) is 35.8 cm³/mol. The first-order valence-electron chi connectivity index (χ1n) is 0.674. The van der Waals surface area contributed by atoms with Crippen molar-refractivity contribution in [3.05, 3.63) is 0 Å².